The monoisotopic (exact) mass is 369 g/mol. The first-order valence-corrected chi connectivity index (χ1v) is 9.29. The molecule has 3 heterocycles. The number of ether oxygens (including phenoxy) is 1. The average molecular weight is 369 g/mol. The van der Waals surface area contributed by atoms with Crippen LogP contribution in [0.2, 0.25) is 0 Å². The van der Waals surface area contributed by atoms with Gasteiger partial charge in [0.2, 0.25) is 5.91 Å². The molecule has 3 aliphatic heterocycles. The molecule has 0 aromatic rings. The van der Waals surface area contributed by atoms with E-state index in [9.17, 15) is 14.5 Å². The standard InChI is InChI=1S/C16H20NO7P/c1-5-16(19)14-12(9-21-25(20,24-14)23-10(2)3)22-15(16)17-7-6-11(4)8-13(17)18/h1,6-7,10,12,14-15,19H,4,8-9H2,2-3H3/t12-,14-,15-,16-,25-/m1/s1. The fourth-order valence-electron chi connectivity index (χ4n) is 2.94. The molecule has 0 aromatic carbocycles. The van der Waals surface area contributed by atoms with Crippen molar-refractivity contribution in [2.45, 2.75) is 50.4 Å². The van der Waals surface area contributed by atoms with Crippen LogP contribution in [0.3, 0.4) is 0 Å². The predicted molar refractivity (Wildman–Crippen MR) is 86.8 cm³/mol. The van der Waals surface area contributed by atoms with Gasteiger partial charge < -0.3 is 9.84 Å². The van der Waals surface area contributed by atoms with E-state index < -0.39 is 38.0 Å². The molecule has 0 aromatic heterocycles. The van der Waals surface area contributed by atoms with Crippen LogP contribution in [0.4, 0.5) is 0 Å². The molecule has 2 saturated heterocycles. The molecule has 0 bridgehead atoms. The number of allylic oxidation sites excluding steroid dienone is 1. The highest BCUT2D eigenvalue weighted by Gasteiger charge is 2.63. The third kappa shape index (κ3) is 3.20. The van der Waals surface area contributed by atoms with Crippen LogP contribution >= 0.6 is 7.82 Å². The zero-order valence-electron chi connectivity index (χ0n) is 14.0. The lowest BCUT2D eigenvalue weighted by atomic mass is 9.94. The summed E-state index contributed by atoms with van der Waals surface area (Å²) in [5.74, 6) is 1.91. The predicted octanol–water partition coefficient (Wildman–Crippen LogP) is 1.33. The molecule has 2 fully saturated rings. The zero-order valence-corrected chi connectivity index (χ0v) is 14.8. The first-order valence-electron chi connectivity index (χ1n) is 7.82. The molecule has 9 heteroatoms. The minimum atomic E-state index is -3.90. The van der Waals surface area contributed by atoms with Crippen molar-refractivity contribution in [1.82, 2.24) is 4.90 Å². The molecular formula is C16H20NO7P. The van der Waals surface area contributed by atoms with E-state index in [1.54, 1.807) is 19.9 Å². The minimum absolute atomic E-state index is 0.0820. The summed E-state index contributed by atoms with van der Waals surface area (Å²) in [7, 11) is -3.90. The van der Waals surface area contributed by atoms with Gasteiger partial charge in [0.1, 0.15) is 12.2 Å². The Morgan fingerprint density at radius 2 is 2.32 bits per heavy atom. The molecule has 8 nitrogen and oxygen atoms in total. The lowest BCUT2D eigenvalue weighted by Crippen LogP contribution is -2.55. The average Bonchev–Trinajstić information content (AvgIpc) is 2.79. The van der Waals surface area contributed by atoms with Gasteiger partial charge in [-0.3, -0.25) is 23.3 Å². The van der Waals surface area contributed by atoms with Crippen LogP contribution in [0.5, 0.6) is 0 Å². The van der Waals surface area contributed by atoms with Crippen LogP contribution in [-0.4, -0.2) is 52.7 Å². The number of terminal acetylenes is 1. The Morgan fingerprint density at radius 3 is 2.92 bits per heavy atom. The van der Waals surface area contributed by atoms with E-state index in [1.807, 2.05) is 0 Å². The van der Waals surface area contributed by atoms with E-state index in [0.29, 0.717) is 5.57 Å². The number of phosphoric acid groups is 1. The van der Waals surface area contributed by atoms with E-state index in [4.69, 9.17) is 24.7 Å². The van der Waals surface area contributed by atoms with Crippen molar-refractivity contribution in [3.63, 3.8) is 0 Å². The molecule has 136 valence electrons. The van der Waals surface area contributed by atoms with E-state index in [0.717, 1.165) is 0 Å². The number of carbonyl (C=O) groups excluding carboxylic acids is 1. The number of phosphoric ester groups is 1. The molecule has 0 spiro atoms. The molecule has 25 heavy (non-hydrogen) atoms. The Labute approximate surface area is 146 Å². The summed E-state index contributed by atoms with van der Waals surface area (Å²) in [6.45, 7) is 6.92. The maximum atomic E-state index is 12.6. The number of aliphatic hydroxyl groups is 1. The van der Waals surface area contributed by atoms with Crippen molar-refractivity contribution >= 4 is 13.7 Å². The van der Waals surface area contributed by atoms with E-state index in [-0.39, 0.29) is 18.9 Å². The second-order valence-corrected chi connectivity index (χ2v) is 7.95. The van der Waals surface area contributed by atoms with E-state index >= 15 is 0 Å². The number of hydrogen-bond acceptors (Lipinski definition) is 7. The lowest BCUT2D eigenvalue weighted by molar-refractivity contribution is -0.150. The van der Waals surface area contributed by atoms with Gasteiger partial charge in [-0.25, -0.2) is 4.57 Å². The molecule has 0 unspecified atom stereocenters. The summed E-state index contributed by atoms with van der Waals surface area (Å²) in [6, 6.07) is 0. The number of hydrogen-bond donors (Lipinski definition) is 1. The van der Waals surface area contributed by atoms with Gasteiger partial charge >= 0.3 is 7.82 Å². The van der Waals surface area contributed by atoms with E-state index in [1.165, 1.54) is 11.1 Å². The van der Waals surface area contributed by atoms with Crippen molar-refractivity contribution in [3.8, 4) is 12.3 Å². The van der Waals surface area contributed by atoms with Crippen molar-refractivity contribution in [2.24, 2.45) is 0 Å². The molecule has 5 atom stereocenters. The van der Waals surface area contributed by atoms with Gasteiger partial charge in [0.05, 0.1) is 19.1 Å². The quantitative estimate of drug-likeness (QED) is 0.592. The number of amides is 1. The van der Waals surface area contributed by atoms with Crippen LogP contribution in [0, 0.1) is 12.3 Å². The number of rotatable bonds is 3. The van der Waals surface area contributed by atoms with Crippen molar-refractivity contribution < 1.29 is 32.8 Å². The van der Waals surface area contributed by atoms with Gasteiger partial charge in [-0.1, -0.05) is 12.5 Å². The molecule has 1 amide bonds. The maximum absolute atomic E-state index is 12.6. The Hall–Kier alpha value is -1.46. The molecular weight excluding hydrogens is 349 g/mol. The summed E-state index contributed by atoms with van der Waals surface area (Å²) in [6.07, 6.45) is 5.12. The molecule has 0 aliphatic carbocycles. The summed E-state index contributed by atoms with van der Waals surface area (Å²) in [5.41, 5.74) is -1.38. The van der Waals surface area contributed by atoms with E-state index in [2.05, 4.69) is 12.5 Å². The molecule has 3 rings (SSSR count). The fourth-order valence-corrected chi connectivity index (χ4v) is 4.53. The zero-order chi connectivity index (χ0) is 18.4. The van der Waals surface area contributed by atoms with Crippen LogP contribution in [0.15, 0.2) is 24.4 Å². The second-order valence-electron chi connectivity index (χ2n) is 6.37. The third-order valence-electron chi connectivity index (χ3n) is 4.05. The van der Waals surface area contributed by atoms with Gasteiger partial charge in [0, 0.05) is 6.20 Å². The molecule has 3 aliphatic rings. The van der Waals surface area contributed by atoms with Crippen molar-refractivity contribution in [2.75, 3.05) is 6.61 Å². The molecule has 0 saturated carbocycles. The Balaban J connectivity index is 1.89. The minimum Gasteiger partial charge on any atom is -0.371 e. The first kappa shape index (κ1) is 18.3. The largest absolute Gasteiger partial charge is 0.475 e. The third-order valence-corrected chi connectivity index (χ3v) is 5.68. The number of fused-ring (bicyclic) bond motifs is 1. The highest BCUT2D eigenvalue weighted by Crippen LogP contribution is 2.58. The van der Waals surface area contributed by atoms with Gasteiger partial charge in [-0.15, -0.1) is 6.42 Å². The second kappa shape index (κ2) is 6.36. The lowest BCUT2D eigenvalue weighted by Gasteiger charge is -2.36. The summed E-state index contributed by atoms with van der Waals surface area (Å²) in [5, 5.41) is 11.0. The Bertz CT molecular complexity index is 712. The fraction of sp³-hybridized carbons (Fsp3) is 0.562. The smallest absolute Gasteiger partial charge is 0.371 e. The van der Waals surface area contributed by atoms with Gasteiger partial charge in [-0.05, 0) is 25.5 Å². The number of carbonyl (C=O) groups is 1. The van der Waals surface area contributed by atoms with Crippen molar-refractivity contribution in [1.29, 1.82) is 0 Å². The Morgan fingerprint density at radius 1 is 1.60 bits per heavy atom. The summed E-state index contributed by atoms with van der Waals surface area (Å²) >= 11 is 0. The Kier molecular flexibility index (Phi) is 4.67. The maximum Gasteiger partial charge on any atom is 0.475 e. The van der Waals surface area contributed by atoms with Crippen LogP contribution in [0.25, 0.3) is 0 Å². The first-order chi connectivity index (χ1) is 11.7. The molecule has 0 radical (unpaired) electrons. The van der Waals surface area contributed by atoms with Crippen molar-refractivity contribution in [3.05, 3.63) is 24.4 Å². The van der Waals surface area contributed by atoms with Crippen LogP contribution in [0.1, 0.15) is 20.3 Å². The van der Waals surface area contributed by atoms with Gasteiger partial charge in [-0.2, -0.15) is 0 Å². The van der Waals surface area contributed by atoms with Crippen LogP contribution < -0.4 is 0 Å². The number of nitrogens with zero attached hydrogens (tertiary/aromatic N) is 1. The summed E-state index contributed by atoms with van der Waals surface area (Å²) in [4.78, 5) is 13.5. The SMILES string of the molecule is C#C[C@@]1(O)[C@@H]2O[P@@](=O)(OC(C)C)OC[C@H]2O[C@H]1N1C=CC(=C)CC1=O. The van der Waals surface area contributed by atoms with Gasteiger partial charge in [0.25, 0.3) is 0 Å². The molecule has 1 N–H and O–H groups in total. The normalized spacial score (nSPS) is 41.1. The topological polar surface area (TPSA) is 94.5 Å². The highest BCUT2D eigenvalue weighted by atomic mass is 31.2. The van der Waals surface area contributed by atoms with Crippen LogP contribution in [-0.2, 0) is 27.7 Å². The van der Waals surface area contributed by atoms with Gasteiger partial charge in [0.15, 0.2) is 11.8 Å². The summed E-state index contributed by atoms with van der Waals surface area (Å²) < 4.78 is 34.1. The highest BCUT2D eigenvalue weighted by molar-refractivity contribution is 7.48.